The number of carboxylic acid groups (broad SMARTS) is 1. The Balaban J connectivity index is 3.15. The van der Waals surface area contributed by atoms with Crippen LogP contribution in [0.2, 0.25) is 0 Å². The molecule has 0 bridgehead atoms. The van der Waals surface area contributed by atoms with E-state index in [1.54, 1.807) is 0 Å². The lowest BCUT2D eigenvalue weighted by atomic mass is 10.0. The highest BCUT2D eigenvalue weighted by molar-refractivity contribution is 5.69. The molecule has 0 aliphatic carbocycles. The van der Waals surface area contributed by atoms with E-state index in [0.29, 0.717) is 19.4 Å². The van der Waals surface area contributed by atoms with Crippen LogP contribution in [0.15, 0.2) is 12.2 Å². The molecule has 0 amide bonds. The van der Waals surface area contributed by atoms with Gasteiger partial charge in [-0.05, 0) is 44.9 Å². The number of esters is 1. The summed E-state index contributed by atoms with van der Waals surface area (Å²) >= 11 is 0. The summed E-state index contributed by atoms with van der Waals surface area (Å²) in [5.74, 6) is -0.628. The van der Waals surface area contributed by atoms with Crippen molar-refractivity contribution in [2.45, 2.75) is 347 Å². The first-order chi connectivity index (χ1) is 31.2. The van der Waals surface area contributed by atoms with E-state index >= 15 is 0 Å². The minimum atomic E-state index is -0.650. The molecule has 0 aromatic heterocycles. The SMILES string of the molecule is CCCCCCCCC=CCCCCCCCCCC(=O)OCCCCCCCCCCCCCCCCCCCCCCCCCCCCCCCCCCCCCCC(=O)O. The summed E-state index contributed by atoms with van der Waals surface area (Å²) in [6.45, 7) is 2.91. The summed E-state index contributed by atoms with van der Waals surface area (Å²) in [4.78, 5) is 22.6. The minimum absolute atomic E-state index is 0.0217. The average Bonchev–Trinajstić information content (AvgIpc) is 3.28. The number of ether oxygens (including phenoxy) is 1. The molecule has 0 aromatic rings. The number of unbranched alkanes of at least 4 members (excludes halogenated alkanes) is 48. The first-order valence-electron chi connectivity index (χ1n) is 29.2. The molecule has 374 valence electrons. The molecule has 0 atom stereocenters. The summed E-state index contributed by atoms with van der Waals surface area (Å²) in [6.07, 6.45) is 74.8. The second-order valence-corrected chi connectivity index (χ2v) is 20.1. The van der Waals surface area contributed by atoms with E-state index < -0.39 is 5.97 Å². The highest BCUT2D eigenvalue weighted by atomic mass is 16.5. The van der Waals surface area contributed by atoms with Crippen LogP contribution in [0.1, 0.15) is 347 Å². The Hall–Kier alpha value is -1.32. The highest BCUT2D eigenvalue weighted by Crippen LogP contribution is 2.18. The summed E-state index contributed by atoms with van der Waals surface area (Å²) < 4.78 is 5.50. The Morgan fingerprint density at radius 3 is 0.794 bits per heavy atom. The molecule has 0 radical (unpaired) electrons. The van der Waals surface area contributed by atoms with Gasteiger partial charge in [-0.1, -0.05) is 302 Å². The second kappa shape index (κ2) is 56.8. The van der Waals surface area contributed by atoms with Crippen molar-refractivity contribution in [1.82, 2.24) is 0 Å². The number of carbonyl (C=O) groups excluding carboxylic acids is 1. The fourth-order valence-corrected chi connectivity index (χ4v) is 9.34. The van der Waals surface area contributed by atoms with E-state index in [4.69, 9.17) is 9.84 Å². The third-order valence-corrected chi connectivity index (χ3v) is 13.7. The summed E-state index contributed by atoms with van der Waals surface area (Å²) in [5, 5.41) is 8.67. The molecule has 0 aliphatic rings. The van der Waals surface area contributed by atoms with Gasteiger partial charge in [0.2, 0.25) is 0 Å². The first kappa shape index (κ1) is 61.7. The molecule has 63 heavy (non-hydrogen) atoms. The van der Waals surface area contributed by atoms with Crippen LogP contribution in [0, 0.1) is 0 Å². The third-order valence-electron chi connectivity index (χ3n) is 13.7. The highest BCUT2D eigenvalue weighted by Gasteiger charge is 2.03. The fraction of sp³-hybridized carbons (Fsp3) is 0.932. The minimum Gasteiger partial charge on any atom is -0.481 e. The molecule has 1 N–H and O–H groups in total. The van der Waals surface area contributed by atoms with Crippen LogP contribution in [-0.2, 0) is 14.3 Å². The standard InChI is InChI=1S/C59H114O4/c1-2-3-4-5-6-7-8-9-10-31-35-38-41-44-47-50-53-56-59(62)63-57-54-51-48-45-42-39-36-33-30-28-26-24-22-20-18-16-14-12-11-13-15-17-19-21-23-25-27-29-32-34-37-40-43-46-49-52-55-58(60)61/h9-10H,2-8,11-57H2,1H3,(H,60,61). The Bertz CT molecular complexity index is 898. The number of hydrogen-bond donors (Lipinski definition) is 1. The molecular weight excluding hydrogens is 773 g/mol. The second-order valence-electron chi connectivity index (χ2n) is 20.1. The van der Waals surface area contributed by atoms with E-state index in [9.17, 15) is 9.59 Å². The van der Waals surface area contributed by atoms with Gasteiger partial charge in [-0.2, -0.15) is 0 Å². The smallest absolute Gasteiger partial charge is 0.305 e. The maximum Gasteiger partial charge on any atom is 0.305 e. The maximum atomic E-state index is 12.1. The average molecular weight is 888 g/mol. The van der Waals surface area contributed by atoms with Crippen LogP contribution in [0.3, 0.4) is 0 Å². The molecule has 0 unspecified atom stereocenters. The fourth-order valence-electron chi connectivity index (χ4n) is 9.34. The van der Waals surface area contributed by atoms with Crippen molar-refractivity contribution in [3.05, 3.63) is 12.2 Å². The zero-order chi connectivity index (χ0) is 45.5. The van der Waals surface area contributed by atoms with Crippen molar-refractivity contribution in [2.24, 2.45) is 0 Å². The van der Waals surface area contributed by atoms with Crippen LogP contribution in [0.4, 0.5) is 0 Å². The third kappa shape index (κ3) is 58.7. The van der Waals surface area contributed by atoms with Crippen molar-refractivity contribution >= 4 is 11.9 Å². The Morgan fingerprint density at radius 2 is 0.524 bits per heavy atom. The zero-order valence-corrected chi connectivity index (χ0v) is 43.0. The Labute approximate surface area is 395 Å². The van der Waals surface area contributed by atoms with Crippen LogP contribution in [-0.4, -0.2) is 23.7 Å². The Morgan fingerprint density at radius 1 is 0.302 bits per heavy atom. The molecule has 0 saturated carbocycles. The summed E-state index contributed by atoms with van der Waals surface area (Å²) in [6, 6.07) is 0. The van der Waals surface area contributed by atoms with Gasteiger partial charge in [0.15, 0.2) is 0 Å². The van der Waals surface area contributed by atoms with E-state index in [-0.39, 0.29) is 5.97 Å². The number of carboxylic acids is 1. The van der Waals surface area contributed by atoms with Crippen LogP contribution in [0.25, 0.3) is 0 Å². The van der Waals surface area contributed by atoms with E-state index in [1.807, 2.05) is 0 Å². The predicted molar refractivity (Wildman–Crippen MR) is 278 cm³/mol. The maximum absolute atomic E-state index is 12.1. The van der Waals surface area contributed by atoms with Crippen LogP contribution >= 0.6 is 0 Å². The van der Waals surface area contributed by atoms with Gasteiger partial charge in [-0.25, -0.2) is 0 Å². The van der Waals surface area contributed by atoms with Gasteiger partial charge in [0.05, 0.1) is 6.61 Å². The monoisotopic (exact) mass is 887 g/mol. The number of rotatable bonds is 56. The molecular formula is C59H114O4. The quantitative estimate of drug-likeness (QED) is 0.0375. The van der Waals surface area contributed by atoms with Gasteiger partial charge in [0.25, 0.3) is 0 Å². The number of hydrogen-bond acceptors (Lipinski definition) is 3. The van der Waals surface area contributed by atoms with Crippen molar-refractivity contribution in [3.8, 4) is 0 Å². The van der Waals surface area contributed by atoms with Gasteiger partial charge in [-0.3, -0.25) is 9.59 Å². The van der Waals surface area contributed by atoms with Crippen molar-refractivity contribution < 1.29 is 19.4 Å². The van der Waals surface area contributed by atoms with Gasteiger partial charge in [0.1, 0.15) is 0 Å². The zero-order valence-electron chi connectivity index (χ0n) is 43.0. The summed E-state index contributed by atoms with van der Waals surface area (Å²) in [5.41, 5.74) is 0. The largest absolute Gasteiger partial charge is 0.481 e. The molecule has 0 spiro atoms. The van der Waals surface area contributed by atoms with E-state index in [2.05, 4.69) is 19.1 Å². The topological polar surface area (TPSA) is 63.6 Å². The normalized spacial score (nSPS) is 11.6. The van der Waals surface area contributed by atoms with Crippen molar-refractivity contribution in [1.29, 1.82) is 0 Å². The number of carbonyl (C=O) groups is 2. The lowest BCUT2D eigenvalue weighted by molar-refractivity contribution is -0.144. The molecule has 4 nitrogen and oxygen atoms in total. The van der Waals surface area contributed by atoms with Gasteiger partial charge in [-0.15, -0.1) is 0 Å². The summed E-state index contributed by atoms with van der Waals surface area (Å²) in [7, 11) is 0. The molecule has 4 heteroatoms. The van der Waals surface area contributed by atoms with Crippen LogP contribution in [0.5, 0.6) is 0 Å². The molecule has 0 aliphatic heterocycles. The lowest BCUT2D eigenvalue weighted by Gasteiger charge is -2.06. The van der Waals surface area contributed by atoms with Gasteiger partial charge >= 0.3 is 11.9 Å². The van der Waals surface area contributed by atoms with E-state index in [1.165, 1.54) is 302 Å². The molecule has 0 saturated heterocycles. The van der Waals surface area contributed by atoms with Crippen LogP contribution < -0.4 is 0 Å². The van der Waals surface area contributed by atoms with Gasteiger partial charge < -0.3 is 9.84 Å². The lowest BCUT2D eigenvalue weighted by Crippen LogP contribution is -2.05. The number of allylic oxidation sites excluding steroid dienone is 2. The predicted octanol–water partition coefficient (Wildman–Crippen LogP) is 20.9. The van der Waals surface area contributed by atoms with E-state index in [0.717, 1.165) is 25.7 Å². The molecule has 0 fully saturated rings. The number of aliphatic carboxylic acids is 1. The molecule has 0 aromatic carbocycles. The Kier molecular flexibility index (Phi) is 55.6. The first-order valence-corrected chi connectivity index (χ1v) is 29.2. The van der Waals surface area contributed by atoms with Crippen molar-refractivity contribution in [2.75, 3.05) is 6.61 Å². The van der Waals surface area contributed by atoms with Crippen molar-refractivity contribution in [3.63, 3.8) is 0 Å². The molecule has 0 heterocycles. The van der Waals surface area contributed by atoms with Gasteiger partial charge in [0, 0.05) is 12.8 Å². The molecule has 0 rings (SSSR count).